The van der Waals surface area contributed by atoms with Crippen LogP contribution in [0.15, 0.2) is 124 Å². The molecule has 0 bridgehead atoms. The number of hydrogen-bond donors (Lipinski definition) is 3. The van der Waals surface area contributed by atoms with E-state index in [9.17, 15) is 14.4 Å². The third kappa shape index (κ3) is 7.30. The van der Waals surface area contributed by atoms with Gasteiger partial charge in [-0.2, -0.15) is 11.3 Å². The van der Waals surface area contributed by atoms with Crippen molar-refractivity contribution < 1.29 is 14.4 Å². The van der Waals surface area contributed by atoms with Gasteiger partial charge in [0.25, 0.3) is 11.8 Å². The summed E-state index contributed by atoms with van der Waals surface area (Å²) < 4.78 is 0. The van der Waals surface area contributed by atoms with Crippen molar-refractivity contribution in [3.63, 3.8) is 0 Å². The minimum Gasteiger partial charge on any atom is -0.325 e. The molecule has 0 aliphatic heterocycles. The Morgan fingerprint density at radius 3 is 2.29 bits per heavy atom. The van der Waals surface area contributed by atoms with E-state index in [-0.39, 0.29) is 22.8 Å². The lowest BCUT2D eigenvalue weighted by molar-refractivity contribution is -0.115. The third-order valence-electron chi connectivity index (χ3n) is 6.22. The molecular formula is C33H27N3O3S2. The molecule has 204 valence electrons. The molecule has 0 aliphatic carbocycles. The van der Waals surface area contributed by atoms with Crippen molar-refractivity contribution in [3.05, 3.63) is 131 Å². The number of carbonyl (C=O) groups is 3. The molecule has 41 heavy (non-hydrogen) atoms. The molecule has 8 heteroatoms. The van der Waals surface area contributed by atoms with Crippen LogP contribution >= 0.6 is 23.1 Å². The molecule has 0 spiro atoms. The zero-order chi connectivity index (χ0) is 28.6. The Balaban J connectivity index is 1.22. The lowest BCUT2D eigenvalue weighted by Crippen LogP contribution is -2.30. The highest BCUT2D eigenvalue weighted by molar-refractivity contribution is 8.00. The summed E-state index contributed by atoms with van der Waals surface area (Å²) in [4.78, 5) is 39.8. The highest BCUT2D eigenvalue weighted by atomic mass is 32.2. The fourth-order valence-electron chi connectivity index (χ4n) is 4.11. The number of carbonyl (C=O) groups excluding carboxylic acids is 3. The number of fused-ring (bicyclic) bond motifs is 1. The fraction of sp³-hybridized carbons (Fsp3) is 0.0606. The third-order valence-corrected chi connectivity index (χ3v) is 8.04. The summed E-state index contributed by atoms with van der Waals surface area (Å²) in [6.07, 6.45) is 1.65. The summed E-state index contributed by atoms with van der Waals surface area (Å²) in [5, 5.41) is 14.2. The van der Waals surface area contributed by atoms with Gasteiger partial charge in [-0.25, -0.2) is 0 Å². The van der Waals surface area contributed by atoms with Gasteiger partial charge >= 0.3 is 0 Å². The van der Waals surface area contributed by atoms with Crippen molar-refractivity contribution >= 4 is 69.0 Å². The summed E-state index contributed by atoms with van der Waals surface area (Å²) in [6.45, 7) is 1.86. The van der Waals surface area contributed by atoms with E-state index in [0.717, 1.165) is 26.9 Å². The van der Waals surface area contributed by atoms with Crippen molar-refractivity contribution in [1.29, 1.82) is 0 Å². The Morgan fingerprint density at radius 2 is 1.54 bits per heavy atom. The fourth-order valence-corrected chi connectivity index (χ4v) is 5.59. The minimum absolute atomic E-state index is 0.0962. The number of amides is 3. The molecule has 3 amide bonds. The molecule has 3 N–H and O–H groups in total. The van der Waals surface area contributed by atoms with Crippen LogP contribution < -0.4 is 16.0 Å². The number of thioether (sulfide) groups is 1. The molecule has 1 unspecified atom stereocenters. The summed E-state index contributed by atoms with van der Waals surface area (Å²) in [5.41, 5.74) is 2.75. The minimum atomic E-state index is -0.441. The van der Waals surface area contributed by atoms with Crippen LogP contribution in [0, 0.1) is 0 Å². The maximum absolute atomic E-state index is 13.2. The van der Waals surface area contributed by atoms with E-state index in [1.54, 1.807) is 42.5 Å². The van der Waals surface area contributed by atoms with E-state index in [1.807, 2.05) is 84.4 Å². The normalized spacial score (nSPS) is 12.0. The van der Waals surface area contributed by atoms with Gasteiger partial charge in [-0.15, -0.1) is 11.8 Å². The van der Waals surface area contributed by atoms with Crippen molar-refractivity contribution in [2.45, 2.75) is 17.1 Å². The van der Waals surface area contributed by atoms with Gasteiger partial charge in [0.05, 0.1) is 5.25 Å². The van der Waals surface area contributed by atoms with Crippen molar-refractivity contribution in [3.8, 4) is 0 Å². The zero-order valence-corrected chi connectivity index (χ0v) is 23.8. The molecule has 0 aliphatic rings. The van der Waals surface area contributed by atoms with Crippen LogP contribution in [0.3, 0.4) is 0 Å². The van der Waals surface area contributed by atoms with Gasteiger partial charge in [0, 0.05) is 27.2 Å². The van der Waals surface area contributed by atoms with Crippen LogP contribution in [0.1, 0.15) is 22.8 Å². The Labute approximate surface area is 246 Å². The Morgan fingerprint density at radius 1 is 0.805 bits per heavy atom. The first-order valence-electron chi connectivity index (χ1n) is 12.9. The number of thiophene rings is 1. The molecule has 5 rings (SSSR count). The van der Waals surface area contributed by atoms with E-state index in [0.29, 0.717) is 11.3 Å². The molecule has 1 atom stereocenters. The number of benzene rings is 4. The van der Waals surface area contributed by atoms with Gasteiger partial charge in [-0.05, 0) is 83.2 Å². The first-order valence-corrected chi connectivity index (χ1v) is 14.8. The second-order valence-electron chi connectivity index (χ2n) is 9.19. The van der Waals surface area contributed by atoms with Gasteiger partial charge < -0.3 is 16.0 Å². The summed E-state index contributed by atoms with van der Waals surface area (Å²) in [5.74, 6) is -0.908. The number of hydrogen-bond acceptors (Lipinski definition) is 5. The second-order valence-corrected chi connectivity index (χ2v) is 11.4. The molecule has 1 aromatic heterocycles. The standard InChI is InChI=1S/C33H27N3O3S2/c1-22(31(37)35-29-13-7-11-24-8-5-6-12-28(24)29)41-27-16-14-26(15-17-27)34-33(39)30(20-23-18-19-40-21-23)36-32(38)25-9-3-2-4-10-25/h2-22H,1H3,(H,34,39)(H,35,37)(H,36,38)/b30-20-. The van der Waals surface area contributed by atoms with E-state index in [2.05, 4.69) is 16.0 Å². The first-order chi connectivity index (χ1) is 20.0. The highest BCUT2D eigenvalue weighted by Gasteiger charge is 2.17. The van der Waals surface area contributed by atoms with Gasteiger partial charge in [0.2, 0.25) is 5.91 Å². The largest absolute Gasteiger partial charge is 0.325 e. The van der Waals surface area contributed by atoms with Crippen LogP contribution in [0.2, 0.25) is 0 Å². The lowest BCUT2D eigenvalue weighted by atomic mass is 10.1. The maximum atomic E-state index is 13.2. The number of rotatable bonds is 9. The Kier molecular flexibility index (Phi) is 8.93. The summed E-state index contributed by atoms with van der Waals surface area (Å²) in [7, 11) is 0. The Bertz CT molecular complexity index is 1690. The molecule has 0 saturated carbocycles. The summed E-state index contributed by atoms with van der Waals surface area (Å²) >= 11 is 2.93. The van der Waals surface area contributed by atoms with Crippen LogP contribution in [-0.4, -0.2) is 23.0 Å². The van der Waals surface area contributed by atoms with E-state index in [4.69, 9.17) is 0 Å². The van der Waals surface area contributed by atoms with E-state index >= 15 is 0 Å². The molecule has 6 nitrogen and oxygen atoms in total. The number of anilines is 2. The predicted molar refractivity (Wildman–Crippen MR) is 169 cm³/mol. The van der Waals surface area contributed by atoms with Crippen LogP contribution in [0.4, 0.5) is 11.4 Å². The second kappa shape index (κ2) is 13.1. The molecule has 0 saturated heterocycles. The molecular weight excluding hydrogens is 551 g/mol. The van der Waals surface area contributed by atoms with Crippen LogP contribution in [0.25, 0.3) is 16.8 Å². The van der Waals surface area contributed by atoms with Gasteiger partial charge in [-0.3, -0.25) is 14.4 Å². The quantitative estimate of drug-likeness (QED) is 0.126. The number of nitrogens with one attached hydrogen (secondary N) is 3. The first kappa shape index (κ1) is 27.9. The van der Waals surface area contributed by atoms with Crippen LogP contribution in [-0.2, 0) is 9.59 Å². The van der Waals surface area contributed by atoms with Gasteiger partial charge in [-0.1, -0.05) is 54.6 Å². The van der Waals surface area contributed by atoms with E-state index < -0.39 is 5.91 Å². The predicted octanol–water partition coefficient (Wildman–Crippen LogP) is 7.43. The van der Waals surface area contributed by atoms with Crippen molar-refractivity contribution in [2.24, 2.45) is 0 Å². The smallest absolute Gasteiger partial charge is 0.272 e. The zero-order valence-electron chi connectivity index (χ0n) is 22.2. The molecule has 4 aromatic carbocycles. The van der Waals surface area contributed by atoms with Crippen molar-refractivity contribution in [2.75, 3.05) is 10.6 Å². The van der Waals surface area contributed by atoms with Gasteiger partial charge in [0.1, 0.15) is 5.70 Å². The average molecular weight is 578 g/mol. The molecule has 0 fully saturated rings. The monoisotopic (exact) mass is 577 g/mol. The van der Waals surface area contributed by atoms with Gasteiger partial charge in [0.15, 0.2) is 0 Å². The summed E-state index contributed by atoms with van der Waals surface area (Å²) in [6, 6.07) is 31.6. The Hall–Kier alpha value is -4.66. The molecule has 1 heterocycles. The SMILES string of the molecule is CC(Sc1ccc(NC(=O)/C(=C/c2ccsc2)NC(=O)c2ccccc2)cc1)C(=O)Nc1cccc2ccccc12. The van der Waals surface area contributed by atoms with Crippen LogP contribution in [0.5, 0.6) is 0 Å². The highest BCUT2D eigenvalue weighted by Crippen LogP contribution is 2.28. The molecule has 0 radical (unpaired) electrons. The van der Waals surface area contributed by atoms with E-state index in [1.165, 1.54) is 23.1 Å². The molecule has 5 aromatic rings. The van der Waals surface area contributed by atoms with Crippen molar-refractivity contribution in [1.82, 2.24) is 5.32 Å². The lowest BCUT2D eigenvalue weighted by Gasteiger charge is -2.14. The topological polar surface area (TPSA) is 87.3 Å². The average Bonchev–Trinajstić information content (AvgIpc) is 3.51. The maximum Gasteiger partial charge on any atom is 0.272 e.